The molecule has 0 bridgehead atoms. The number of methoxy groups -OCH3 is 1. The number of hydrogen-bond donors (Lipinski definition) is 2. The van der Waals surface area contributed by atoms with E-state index in [0.717, 1.165) is 5.69 Å². The van der Waals surface area contributed by atoms with Crippen molar-refractivity contribution in [2.75, 3.05) is 42.4 Å². The second-order valence-corrected chi connectivity index (χ2v) is 11.8. The molecule has 0 spiro atoms. The highest BCUT2D eigenvalue weighted by Gasteiger charge is 2.35. The molecule has 35 heavy (non-hydrogen) atoms. The predicted octanol–water partition coefficient (Wildman–Crippen LogP) is 3.43. The lowest BCUT2D eigenvalue weighted by atomic mass is 10.2. The van der Waals surface area contributed by atoms with E-state index in [4.69, 9.17) is 4.74 Å². The molecule has 1 aromatic heterocycles. The Bertz CT molecular complexity index is 1270. The second-order valence-electron chi connectivity index (χ2n) is 8.27. The lowest BCUT2D eigenvalue weighted by Gasteiger charge is -2.27. The quantitative estimate of drug-likeness (QED) is 0.422. The van der Waals surface area contributed by atoms with Gasteiger partial charge in [-0.3, -0.25) is 4.21 Å². The minimum absolute atomic E-state index is 0.174. The topological polar surface area (TPSA) is 114 Å². The minimum atomic E-state index is -3.76. The van der Waals surface area contributed by atoms with E-state index in [0.29, 0.717) is 35.4 Å². The van der Waals surface area contributed by atoms with Crippen LogP contribution in [-0.4, -0.2) is 64.7 Å². The lowest BCUT2D eigenvalue weighted by Crippen LogP contribution is -2.42. The summed E-state index contributed by atoms with van der Waals surface area (Å²) in [6, 6.07) is 15.9. The molecule has 2 N–H and O–H groups in total. The van der Waals surface area contributed by atoms with Gasteiger partial charge >= 0.3 is 0 Å². The van der Waals surface area contributed by atoms with Crippen LogP contribution in [-0.2, 0) is 25.6 Å². The Balaban J connectivity index is 1.47. The number of nitrogens with zero attached hydrogens (tertiary/aromatic N) is 3. The first-order chi connectivity index (χ1) is 16.8. The molecule has 9 nitrogen and oxygen atoms in total. The summed E-state index contributed by atoms with van der Waals surface area (Å²) in [6.45, 7) is 2.52. The van der Waals surface area contributed by atoms with Crippen LogP contribution in [0.5, 0.6) is 0 Å². The second kappa shape index (κ2) is 11.3. The third-order valence-electron chi connectivity index (χ3n) is 5.68. The molecule has 0 aliphatic carbocycles. The molecule has 0 saturated carbocycles. The van der Waals surface area contributed by atoms with Gasteiger partial charge in [0, 0.05) is 59.6 Å². The SMILES string of the molecule is COCCN(C1CCS(=O)C1)S(=O)(=O)c1ccc(Nc2nccc(Nc3ccc(C)cc3)n2)cc1. The zero-order valence-electron chi connectivity index (χ0n) is 19.7. The fourth-order valence-corrected chi connectivity index (χ4v) is 7.01. The monoisotopic (exact) mass is 515 g/mol. The summed E-state index contributed by atoms with van der Waals surface area (Å²) >= 11 is 0. The Morgan fingerprint density at radius 2 is 1.74 bits per heavy atom. The third kappa shape index (κ3) is 6.43. The average molecular weight is 516 g/mol. The Hall–Kier alpha value is -2.86. The van der Waals surface area contributed by atoms with Crippen LogP contribution in [0.4, 0.5) is 23.1 Å². The summed E-state index contributed by atoms with van der Waals surface area (Å²) in [5.74, 6) is 1.89. The first-order valence-electron chi connectivity index (χ1n) is 11.2. The van der Waals surface area contributed by atoms with E-state index in [2.05, 4.69) is 20.6 Å². The highest BCUT2D eigenvalue weighted by molar-refractivity contribution is 7.89. The molecular formula is C24H29N5O4S2. The number of anilines is 4. The number of sulfonamides is 1. The van der Waals surface area contributed by atoms with E-state index in [1.165, 1.54) is 17.0 Å². The summed E-state index contributed by atoms with van der Waals surface area (Å²) in [4.78, 5) is 8.90. The fraction of sp³-hybridized carbons (Fsp3) is 0.333. The Labute approximate surface area is 208 Å². The molecule has 11 heteroatoms. The van der Waals surface area contributed by atoms with Crippen molar-refractivity contribution in [1.29, 1.82) is 0 Å². The Morgan fingerprint density at radius 1 is 1.06 bits per heavy atom. The van der Waals surface area contributed by atoms with Crippen molar-refractivity contribution >= 4 is 44.0 Å². The highest BCUT2D eigenvalue weighted by Crippen LogP contribution is 2.25. The maximum absolute atomic E-state index is 13.4. The number of hydrogen-bond acceptors (Lipinski definition) is 8. The van der Waals surface area contributed by atoms with Crippen LogP contribution in [0.15, 0.2) is 65.7 Å². The fourth-order valence-electron chi connectivity index (χ4n) is 3.80. The van der Waals surface area contributed by atoms with Crippen molar-refractivity contribution in [3.8, 4) is 0 Å². The van der Waals surface area contributed by atoms with Crippen molar-refractivity contribution < 1.29 is 17.4 Å². The molecule has 0 radical (unpaired) electrons. The van der Waals surface area contributed by atoms with Crippen LogP contribution in [0, 0.1) is 6.92 Å². The minimum Gasteiger partial charge on any atom is -0.383 e. The number of benzene rings is 2. The average Bonchev–Trinajstić information content (AvgIpc) is 3.27. The maximum atomic E-state index is 13.4. The van der Waals surface area contributed by atoms with Gasteiger partial charge in [-0.25, -0.2) is 13.4 Å². The molecule has 2 aromatic carbocycles. The van der Waals surface area contributed by atoms with E-state index in [9.17, 15) is 12.6 Å². The van der Waals surface area contributed by atoms with Gasteiger partial charge in [-0.1, -0.05) is 17.7 Å². The molecule has 2 atom stereocenters. The van der Waals surface area contributed by atoms with Gasteiger partial charge in [0.25, 0.3) is 0 Å². The molecule has 3 aromatic rings. The van der Waals surface area contributed by atoms with Crippen molar-refractivity contribution in [2.45, 2.75) is 24.3 Å². The predicted molar refractivity (Wildman–Crippen MR) is 138 cm³/mol. The molecule has 1 aliphatic rings. The van der Waals surface area contributed by atoms with Crippen molar-refractivity contribution in [3.05, 3.63) is 66.4 Å². The summed E-state index contributed by atoms with van der Waals surface area (Å²) < 4.78 is 45.1. The van der Waals surface area contributed by atoms with Gasteiger partial charge in [0.1, 0.15) is 5.82 Å². The van der Waals surface area contributed by atoms with Gasteiger partial charge in [-0.15, -0.1) is 0 Å². The summed E-state index contributed by atoms with van der Waals surface area (Å²) in [7, 11) is -3.22. The number of ether oxygens (including phenoxy) is 1. The van der Waals surface area contributed by atoms with Crippen LogP contribution < -0.4 is 10.6 Å². The molecule has 186 valence electrons. The van der Waals surface area contributed by atoms with Gasteiger partial charge in [-0.2, -0.15) is 9.29 Å². The van der Waals surface area contributed by atoms with Crippen LogP contribution >= 0.6 is 0 Å². The number of aromatic nitrogens is 2. The Kier molecular flexibility index (Phi) is 8.11. The summed E-state index contributed by atoms with van der Waals surface area (Å²) in [6.07, 6.45) is 2.23. The van der Waals surface area contributed by atoms with Crippen LogP contribution in [0.3, 0.4) is 0 Å². The first-order valence-corrected chi connectivity index (χ1v) is 14.2. The van der Waals surface area contributed by atoms with E-state index >= 15 is 0 Å². The maximum Gasteiger partial charge on any atom is 0.243 e. The van der Waals surface area contributed by atoms with Crippen LogP contribution in [0.2, 0.25) is 0 Å². The zero-order chi connectivity index (χ0) is 24.8. The summed E-state index contributed by atoms with van der Waals surface area (Å²) in [5.41, 5.74) is 2.74. The van der Waals surface area contributed by atoms with E-state index in [1.54, 1.807) is 36.5 Å². The van der Waals surface area contributed by atoms with Gasteiger partial charge in [0.05, 0.1) is 11.5 Å². The van der Waals surface area contributed by atoms with Gasteiger partial charge < -0.3 is 15.4 Å². The van der Waals surface area contributed by atoms with Crippen LogP contribution in [0.25, 0.3) is 0 Å². The smallest absolute Gasteiger partial charge is 0.243 e. The van der Waals surface area contributed by atoms with Crippen molar-refractivity contribution in [2.24, 2.45) is 0 Å². The Morgan fingerprint density at radius 3 is 2.40 bits per heavy atom. The molecule has 1 saturated heterocycles. The lowest BCUT2D eigenvalue weighted by molar-refractivity contribution is 0.169. The molecule has 1 aliphatic heterocycles. The molecule has 1 fully saturated rings. The zero-order valence-corrected chi connectivity index (χ0v) is 21.3. The highest BCUT2D eigenvalue weighted by atomic mass is 32.2. The van der Waals surface area contributed by atoms with Gasteiger partial charge in [-0.05, 0) is 55.8 Å². The normalized spacial score (nSPS) is 18.0. The van der Waals surface area contributed by atoms with Gasteiger partial charge in [0.15, 0.2) is 0 Å². The largest absolute Gasteiger partial charge is 0.383 e. The molecule has 2 unspecified atom stereocenters. The summed E-state index contributed by atoms with van der Waals surface area (Å²) in [5, 5.41) is 6.35. The molecular weight excluding hydrogens is 486 g/mol. The van der Waals surface area contributed by atoms with Crippen LogP contribution in [0.1, 0.15) is 12.0 Å². The van der Waals surface area contributed by atoms with E-state index < -0.39 is 20.8 Å². The molecule has 2 heterocycles. The third-order valence-corrected chi connectivity index (χ3v) is 9.09. The number of nitrogens with one attached hydrogen (secondary N) is 2. The first kappa shape index (κ1) is 25.2. The number of rotatable bonds is 10. The van der Waals surface area contributed by atoms with E-state index in [1.807, 2.05) is 31.2 Å². The van der Waals surface area contributed by atoms with E-state index in [-0.39, 0.29) is 24.1 Å². The number of aryl methyl sites for hydroxylation is 1. The molecule has 0 amide bonds. The van der Waals surface area contributed by atoms with Crippen molar-refractivity contribution in [3.63, 3.8) is 0 Å². The van der Waals surface area contributed by atoms with Gasteiger partial charge in [0.2, 0.25) is 16.0 Å². The van der Waals surface area contributed by atoms with Crippen molar-refractivity contribution in [1.82, 2.24) is 14.3 Å². The standard InChI is InChI=1S/C24H29N5O4S2/c1-18-3-5-19(6-4-18)26-23-11-13-25-24(28-23)27-20-7-9-22(10-8-20)35(31,32)29(14-15-33-2)21-12-16-34(30)17-21/h3-11,13,21H,12,14-17H2,1-2H3,(H2,25,26,27,28). The molecule has 4 rings (SSSR count).